The average molecular weight is 190 g/mol. The van der Waals surface area contributed by atoms with Crippen LogP contribution in [0.5, 0.6) is 0 Å². The number of halogens is 1. The summed E-state index contributed by atoms with van der Waals surface area (Å²) in [4.78, 5) is 0. The van der Waals surface area contributed by atoms with Crippen molar-refractivity contribution in [3.8, 4) is 6.07 Å². The van der Waals surface area contributed by atoms with Crippen molar-refractivity contribution in [3.05, 3.63) is 0 Å². The van der Waals surface area contributed by atoms with Crippen LogP contribution in [0.25, 0.3) is 0 Å². The number of nitrogens with zero attached hydrogens (tertiary/aromatic N) is 1. The van der Waals surface area contributed by atoms with E-state index in [-0.39, 0.29) is 6.10 Å². The first kappa shape index (κ1) is 9.79. The molecule has 1 fully saturated rings. The molecule has 2 atom stereocenters. The Labute approximate surface area is 77.2 Å². The van der Waals surface area contributed by atoms with Crippen LogP contribution in [0.2, 0.25) is 0 Å². The molecule has 1 aliphatic rings. The lowest BCUT2D eigenvalue weighted by molar-refractivity contribution is -0.284. The first-order chi connectivity index (χ1) is 5.57. The molecule has 0 radical (unpaired) electrons. The van der Waals surface area contributed by atoms with E-state index >= 15 is 0 Å². The van der Waals surface area contributed by atoms with Crippen molar-refractivity contribution in [1.82, 2.24) is 0 Å². The van der Waals surface area contributed by atoms with Gasteiger partial charge in [0.2, 0.25) is 0 Å². The molecule has 12 heavy (non-hydrogen) atoms. The summed E-state index contributed by atoms with van der Waals surface area (Å²) in [5.74, 6) is -0.275. The second kappa shape index (κ2) is 3.61. The minimum atomic E-state index is -0.682. The largest absolute Gasteiger partial charge is 0.346 e. The second-order valence-corrected chi connectivity index (χ2v) is 3.57. The van der Waals surface area contributed by atoms with Gasteiger partial charge >= 0.3 is 0 Å². The maximum atomic E-state index is 8.66. The minimum Gasteiger partial charge on any atom is -0.346 e. The third kappa shape index (κ3) is 2.34. The van der Waals surface area contributed by atoms with Crippen LogP contribution in [0.3, 0.4) is 0 Å². The number of hydrogen-bond donors (Lipinski definition) is 0. The van der Waals surface area contributed by atoms with Crippen LogP contribution in [0.4, 0.5) is 0 Å². The van der Waals surface area contributed by atoms with E-state index in [9.17, 15) is 0 Å². The molecule has 4 heteroatoms. The van der Waals surface area contributed by atoms with Gasteiger partial charge in [0.1, 0.15) is 6.10 Å². The van der Waals surface area contributed by atoms with Gasteiger partial charge in [-0.2, -0.15) is 5.26 Å². The molecule has 0 unspecified atom stereocenters. The van der Waals surface area contributed by atoms with Crippen molar-refractivity contribution < 1.29 is 9.47 Å². The lowest BCUT2D eigenvalue weighted by Gasteiger charge is -2.37. The van der Waals surface area contributed by atoms with E-state index in [2.05, 4.69) is 6.07 Å². The predicted octanol–water partition coefficient (Wildman–Crippen LogP) is 1.66. The second-order valence-electron chi connectivity index (χ2n) is 3.27. The Balaban J connectivity index is 2.60. The van der Waals surface area contributed by atoms with Crippen molar-refractivity contribution >= 4 is 11.6 Å². The summed E-state index contributed by atoms with van der Waals surface area (Å²) in [6, 6.07) is 2.06. The SMILES string of the molecule is CC1(C)O[C@@H](CCl)C[C@H](C#N)O1. The lowest BCUT2D eigenvalue weighted by Crippen LogP contribution is -2.44. The van der Waals surface area contributed by atoms with E-state index in [0.717, 1.165) is 0 Å². The Hall–Kier alpha value is -0.300. The van der Waals surface area contributed by atoms with Crippen LogP contribution in [-0.2, 0) is 9.47 Å². The summed E-state index contributed by atoms with van der Waals surface area (Å²) in [6.45, 7) is 3.58. The summed E-state index contributed by atoms with van der Waals surface area (Å²) in [5.41, 5.74) is 0. The Morgan fingerprint density at radius 1 is 1.58 bits per heavy atom. The molecular weight excluding hydrogens is 178 g/mol. The number of rotatable bonds is 1. The Bertz CT molecular complexity index is 200. The summed E-state index contributed by atoms with van der Waals surface area (Å²) in [6.07, 6.45) is 0.0984. The van der Waals surface area contributed by atoms with Gasteiger partial charge in [-0.15, -0.1) is 11.6 Å². The molecule has 0 spiro atoms. The molecule has 1 rings (SSSR count). The molecule has 0 aliphatic carbocycles. The third-order valence-corrected chi connectivity index (χ3v) is 2.01. The summed E-state index contributed by atoms with van der Waals surface area (Å²) in [7, 11) is 0. The van der Waals surface area contributed by atoms with E-state index in [1.165, 1.54) is 0 Å². The molecule has 0 bridgehead atoms. The fourth-order valence-corrected chi connectivity index (χ4v) is 1.47. The summed E-state index contributed by atoms with van der Waals surface area (Å²) in [5, 5.41) is 8.66. The van der Waals surface area contributed by atoms with E-state index in [1.807, 2.05) is 0 Å². The maximum Gasteiger partial charge on any atom is 0.164 e. The average Bonchev–Trinajstić information content (AvgIpc) is 2.01. The zero-order chi connectivity index (χ0) is 9.19. The molecule has 0 saturated carbocycles. The highest BCUT2D eigenvalue weighted by atomic mass is 35.5. The molecule has 68 valence electrons. The van der Waals surface area contributed by atoms with Gasteiger partial charge in [-0.3, -0.25) is 0 Å². The quantitative estimate of drug-likeness (QED) is 0.590. The third-order valence-electron chi connectivity index (χ3n) is 1.67. The zero-order valence-electron chi connectivity index (χ0n) is 7.21. The van der Waals surface area contributed by atoms with Gasteiger partial charge in [0.25, 0.3) is 0 Å². The molecule has 0 aromatic rings. The highest BCUT2D eigenvalue weighted by molar-refractivity contribution is 6.18. The van der Waals surface area contributed by atoms with Gasteiger partial charge in [0, 0.05) is 12.3 Å². The fourth-order valence-electron chi connectivity index (χ4n) is 1.28. The molecule has 1 heterocycles. The van der Waals surface area contributed by atoms with Crippen LogP contribution < -0.4 is 0 Å². The van der Waals surface area contributed by atoms with Crippen LogP contribution in [0.1, 0.15) is 20.3 Å². The van der Waals surface area contributed by atoms with Crippen LogP contribution in [0.15, 0.2) is 0 Å². The van der Waals surface area contributed by atoms with Crippen molar-refractivity contribution in [2.24, 2.45) is 0 Å². The highest BCUT2D eigenvalue weighted by Crippen LogP contribution is 2.26. The van der Waals surface area contributed by atoms with Crippen molar-refractivity contribution in [2.75, 3.05) is 5.88 Å². The van der Waals surface area contributed by atoms with Crippen molar-refractivity contribution in [1.29, 1.82) is 5.26 Å². The molecule has 0 aromatic heterocycles. The number of nitriles is 1. The van der Waals surface area contributed by atoms with E-state index in [0.29, 0.717) is 12.3 Å². The van der Waals surface area contributed by atoms with Crippen molar-refractivity contribution in [2.45, 2.75) is 38.3 Å². The number of hydrogen-bond acceptors (Lipinski definition) is 3. The number of ether oxygens (including phenoxy) is 2. The molecule has 0 N–H and O–H groups in total. The molecule has 0 aromatic carbocycles. The Morgan fingerprint density at radius 3 is 2.75 bits per heavy atom. The molecular formula is C8H12ClNO2. The molecule has 1 aliphatic heterocycles. The fraction of sp³-hybridized carbons (Fsp3) is 0.875. The van der Waals surface area contributed by atoms with Gasteiger partial charge in [-0.05, 0) is 13.8 Å². The van der Waals surface area contributed by atoms with Crippen LogP contribution >= 0.6 is 11.6 Å². The smallest absolute Gasteiger partial charge is 0.164 e. The van der Waals surface area contributed by atoms with Crippen LogP contribution in [-0.4, -0.2) is 23.9 Å². The maximum absolute atomic E-state index is 8.66. The Morgan fingerprint density at radius 2 is 2.25 bits per heavy atom. The molecule has 0 amide bonds. The first-order valence-corrected chi connectivity index (χ1v) is 4.42. The van der Waals surface area contributed by atoms with Crippen LogP contribution in [0, 0.1) is 11.3 Å². The number of alkyl halides is 1. The molecule has 3 nitrogen and oxygen atoms in total. The van der Waals surface area contributed by atoms with E-state index in [4.69, 9.17) is 26.3 Å². The van der Waals surface area contributed by atoms with E-state index in [1.54, 1.807) is 13.8 Å². The highest BCUT2D eigenvalue weighted by Gasteiger charge is 2.34. The Kier molecular flexibility index (Phi) is 2.94. The van der Waals surface area contributed by atoms with Gasteiger partial charge in [-0.1, -0.05) is 0 Å². The monoisotopic (exact) mass is 189 g/mol. The van der Waals surface area contributed by atoms with Gasteiger partial charge in [0.05, 0.1) is 12.2 Å². The minimum absolute atomic E-state index is 0.0694. The summed E-state index contributed by atoms with van der Waals surface area (Å²) >= 11 is 5.64. The molecule has 1 saturated heterocycles. The lowest BCUT2D eigenvalue weighted by atomic mass is 10.1. The standard InChI is InChI=1S/C8H12ClNO2/c1-8(2)11-6(4-9)3-7(5-10)12-8/h6-7H,3-4H2,1-2H3/t6-,7-/m1/s1. The van der Waals surface area contributed by atoms with Crippen molar-refractivity contribution in [3.63, 3.8) is 0 Å². The van der Waals surface area contributed by atoms with E-state index < -0.39 is 11.9 Å². The predicted molar refractivity (Wildman–Crippen MR) is 44.8 cm³/mol. The van der Waals surface area contributed by atoms with Gasteiger partial charge < -0.3 is 9.47 Å². The van der Waals surface area contributed by atoms with Gasteiger partial charge in [-0.25, -0.2) is 0 Å². The summed E-state index contributed by atoms with van der Waals surface area (Å²) < 4.78 is 10.8. The normalized spacial score (nSPS) is 34.2. The topological polar surface area (TPSA) is 42.2 Å². The zero-order valence-corrected chi connectivity index (χ0v) is 7.97. The first-order valence-electron chi connectivity index (χ1n) is 3.88. The van der Waals surface area contributed by atoms with Gasteiger partial charge in [0.15, 0.2) is 5.79 Å².